The summed E-state index contributed by atoms with van der Waals surface area (Å²) in [5.41, 5.74) is 0.698. The Kier molecular flexibility index (Phi) is 3.74. The zero-order valence-electron chi connectivity index (χ0n) is 8.25. The average Bonchev–Trinajstić information content (AvgIpc) is 2.66. The summed E-state index contributed by atoms with van der Waals surface area (Å²) in [7, 11) is 0. The molecule has 13 heavy (non-hydrogen) atoms. The Hall–Kier alpha value is -1.05. The number of ketones is 1. The van der Waals surface area contributed by atoms with Crippen molar-refractivity contribution >= 4 is 5.78 Å². The van der Waals surface area contributed by atoms with E-state index in [1.165, 1.54) is 12.5 Å². The van der Waals surface area contributed by atoms with Crippen LogP contribution in [0.5, 0.6) is 0 Å². The molecule has 0 N–H and O–H groups in total. The Labute approximate surface area is 78.9 Å². The molecule has 2 nitrogen and oxygen atoms in total. The van der Waals surface area contributed by atoms with Crippen LogP contribution in [-0.2, 0) is 0 Å². The summed E-state index contributed by atoms with van der Waals surface area (Å²) in [6.07, 6.45) is 5.79. The molecule has 1 unspecified atom stereocenters. The molecule has 1 atom stereocenters. The summed E-state index contributed by atoms with van der Waals surface area (Å²) in [4.78, 5) is 11.5. The van der Waals surface area contributed by atoms with Crippen molar-refractivity contribution in [2.75, 3.05) is 0 Å². The van der Waals surface area contributed by atoms with Crippen LogP contribution in [0, 0.1) is 5.92 Å². The van der Waals surface area contributed by atoms with E-state index in [4.69, 9.17) is 4.42 Å². The fourth-order valence-corrected chi connectivity index (χ4v) is 1.15. The van der Waals surface area contributed by atoms with Crippen LogP contribution >= 0.6 is 0 Å². The summed E-state index contributed by atoms with van der Waals surface area (Å²) in [6, 6.07) is 1.72. The highest BCUT2D eigenvalue weighted by molar-refractivity contribution is 5.95. The smallest absolute Gasteiger partial charge is 0.166 e. The van der Waals surface area contributed by atoms with Gasteiger partial charge in [0, 0.05) is 6.42 Å². The number of rotatable bonds is 5. The van der Waals surface area contributed by atoms with Crippen LogP contribution in [0.1, 0.15) is 43.5 Å². The number of Topliss-reactive ketones (excluding diaryl/α,β-unsaturated/α-hetero) is 1. The van der Waals surface area contributed by atoms with Gasteiger partial charge in [-0.1, -0.05) is 20.3 Å². The topological polar surface area (TPSA) is 30.2 Å². The molecule has 72 valence electrons. The van der Waals surface area contributed by atoms with E-state index in [0.717, 1.165) is 12.8 Å². The predicted molar refractivity (Wildman–Crippen MR) is 51.7 cm³/mol. The van der Waals surface area contributed by atoms with Crippen LogP contribution in [0.2, 0.25) is 0 Å². The highest BCUT2D eigenvalue weighted by Crippen LogP contribution is 2.13. The predicted octanol–water partition coefficient (Wildman–Crippen LogP) is 3.29. The van der Waals surface area contributed by atoms with Crippen molar-refractivity contribution in [2.24, 2.45) is 5.92 Å². The lowest BCUT2D eigenvalue weighted by Crippen LogP contribution is -2.01. The fourth-order valence-electron chi connectivity index (χ4n) is 1.15. The summed E-state index contributed by atoms with van der Waals surface area (Å²) < 4.78 is 4.85. The van der Waals surface area contributed by atoms with Gasteiger partial charge in [0.05, 0.1) is 11.8 Å². The van der Waals surface area contributed by atoms with Crippen molar-refractivity contribution in [3.05, 3.63) is 24.2 Å². The lowest BCUT2D eigenvalue weighted by molar-refractivity contribution is 0.0973. The first-order valence-corrected chi connectivity index (χ1v) is 4.79. The second-order valence-electron chi connectivity index (χ2n) is 3.49. The number of hydrogen-bond donors (Lipinski definition) is 0. The average molecular weight is 180 g/mol. The van der Waals surface area contributed by atoms with Gasteiger partial charge in [-0.15, -0.1) is 0 Å². The van der Waals surface area contributed by atoms with Crippen molar-refractivity contribution in [3.63, 3.8) is 0 Å². The first kappa shape index (κ1) is 10.0. The molecule has 1 aromatic rings. The van der Waals surface area contributed by atoms with Crippen molar-refractivity contribution in [1.82, 2.24) is 0 Å². The molecular formula is C11H16O2. The highest BCUT2D eigenvalue weighted by atomic mass is 16.3. The number of hydrogen-bond acceptors (Lipinski definition) is 2. The third kappa shape index (κ3) is 3.05. The van der Waals surface area contributed by atoms with Gasteiger partial charge < -0.3 is 4.42 Å². The molecule has 0 saturated heterocycles. The molecule has 0 aromatic carbocycles. The van der Waals surface area contributed by atoms with E-state index in [1.807, 2.05) is 0 Å². The van der Waals surface area contributed by atoms with Gasteiger partial charge in [0.15, 0.2) is 5.78 Å². The van der Waals surface area contributed by atoms with Crippen LogP contribution in [0.3, 0.4) is 0 Å². The maximum atomic E-state index is 11.5. The highest BCUT2D eigenvalue weighted by Gasteiger charge is 2.08. The second kappa shape index (κ2) is 4.85. The van der Waals surface area contributed by atoms with Crippen LogP contribution in [-0.4, -0.2) is 5.78 Å². The molecular weight excluding hydrogens is 164 g/mol. The summed E-state index contributed by atoms with van der Waals surface area (Å²) in [5, 5.41) is 0. The van der Waals surface area contributed by atoms with Crippen molar-refractivity contribution in [3.8, 4) is 0 Å². The fraction of sp³-hybridized carbons (Fsp3) is 0.545. The molecule has 0 radical (unpaired) electrons. The lowest BCUT2D eigenvalue weighted by Gasteiger charge is -2.05. The number of carbonyl (C=O) groups excluding carboxylic acids is 1. The Bertz CT molecular complexity index is 249. The molecule has 0 saturated carbocycles. The first-order valence-electron chi connectivity index (χ1n) is 4.79. The Morgan fingerprint density at radius 1 is 1.62 bits per heavy atom. The maximum Gasteiger partial charge on any atom is 0.166 e. The third-order valence-corrected chi connectivity index (χ3v) is 2.40. The van der Waals surface area contributed by atoms with Crippen LogP contribution in [0.15, 0.2) is 23.0 Å². The lowest BCUT2D eigenvalue weighted by atomic mass is 9.99. The summed E-state index contributed by atoms with van der Waals surface area (Å²) in [5.74, 6) is 0.824. The molecule has 0 aliphatic rings. The zero-order valence-corrected chi connectivity index (χ0v) is 8.25. The van der Waals surface area contributed by atoms with E-state index in [9.17, 15) is 4.79 Å². The minimum atomic E-state index is 0.189. The van der Waals surface area contributed by atoms with Gasteiger partial charge in [-0.25, -0.2) is 0 Å². The first-order chi connectivity index (χ1) is 6.24. The van der Waals surface area contributed by atoms with Crippen LogP contribution in [0.4, 0.5) is 0 Å². The molecule has 1 aromatic heterocycles. The molecule has 0 amide bonds. The normalized spacial score (nSPS) is 12.8. The van der Waals surface area contributed by atoms with E-state index >= 15 is 0 Å². The minimum Gasteiger partial charge on any atom is -0.472 e. The van der Waals surface area contributed by atoms with Gasteiger partial charge in [-0.3, -0.25) is 4.79 Å². The maximum absolute atomic E-state index is 11.5. The van der Waals surface area contributed by atoms with Crippen LogP contribution in [0.25, 0.3) is 0 Å². The molecule has 0 fully saturated rings. The Morgan fingerprint density at radius 2 is 2.38 bits per heavy atom. The molecule has 1 heterocycles. The van der Waals surface area contributed by atoms with Gasteiger partial charge in [-0.05, 0) is 18.4 Å². The van der Waals surface area contributed by atoms with E-state index in [2.05, 4.69) is 13.8 Å². The Morgan fingerprint density at radius 3 is 2.92 bits per heavy atom. The molecule has 0 aliphatic carbocycles. The van der Waals surface area contributed by atoms with Crippen molar-refractivity contribution in [1.29, 1.82) is 0 Å². The number of furan rings is 1. The Balaban J connectivity index is 2.35. The largest absolute Gasteiger partial charge is 0.472 e. The molecule has 0 aliphatic heterocycles. The summed E-state index contributed by atoms with van der Waals surface area (Å²) >= 11 is 0. The van der Waals surface area contributed by atoms with E-state index in [0.29, 0.717) is 17.9 Å². The molecule has 0 spiro atoms. The standard InChI is InChI=1S/C11H16O2/c1-3-9(2)4-5-11(12)10-6-7-13-8-10/h6-9H,3-5H2,1-2H3. The van der Waals surface area contributed by atoms with Gasteiger partial charge in [0.2, 0.25) is 0 Å². The van der Waals surface area contributed by atoms with Gasteiger partial charge >= 0.3 is 0 Å². The quantitative estimate of drug-likeness (QED) is 0.651. The van der Waals surface area contributed by atoms with Crippen molar-refractivity contribution in [2.45, 2.75) is 33.1 Å². The SMILES string of the molecule is CCC(C)CCC(=O)c1ccoc1. The molecule has 2 heteroatoms. The molecule has 1 rings (SSSR count). The van der Waals surface area contributed by atoms with E-state index < -0.39 is 0 Å². The van der Waals surface area contributed by atoms with E-state index in [-0.39, 0.29) is 5.78 Å². The third-order valence-electron chi connectivity index (χ3n) is 2.40. The van der Waals surface area contributed by atoms with Gasteiger partial charge in [0.25, 0.3) is 0 Å². The van der Waals surface area contributed by atoms with Gasteiger partial charge in [0.1, 0.15) is 6.26 Å². The van der Waals surface area contributed by atoms with Crippen molar-refractivity contribution < 1.29 is 9.21 Å². The minimum absolute atomic E-state index is 0.189. The monoisotopic (exact) mass is 180 g/mol. The second-order valence-corrected chi connectivity index (χ2v) is 3.49. The van der Waals surface area contributed by atoms with E-state index in [1.54, 1.807) is 6.07 Å². The number of carbonyl (C=O) groups is 1. The zero-order chi connectivity index (χ0) is 9.68. The molecule has 0 bridgehead atoms. The van der Waals surface area contributed by atoms with Crippen LogP contribution < -0.4 is 0 Å². The van der Waals surface area contributed by atoms with Gasteiger partial charge in [-0.2, -0.15) is 0 Å². The summed E-state index contributed by atoms with van der Waals surface area (Å²) in [6.45, 7) is 4.32.